The van der Waals surface area contributed by atoms with Crippen LogP contribution in [0.2, 0.25) is 5.02 Å². The molecule has 0 spiro atoms. The molecule has 6 heteroatoms. The lowest BCUT2D eigenvalue weighted by atomic mass is 9.97. The molecule has 1 amide bonds. The monoisotopic (exact) mass is 298 g/mol. The van der Waals surface area contributed by atoms with E-state index < -0.39 is 0 Å². The van der Waals surface area contributed by atoms with Crippen LogP contribution in [-0.4, -0.2) is 48.8 Å². The van der Waals surface area contributed by atoms with Gasteiger partial charge >= 0.3 is 0 Å². The summed E-state index contributed by atoms with van der Waals surface area (Å²) in [5, 5.41) is 9.69. The van der Waals surface area contributed by atoms with Gasteiger partial charge in [0.15, 0.2) is 0 Å². The fourth-order valence-corrected chi connectivity index (χ4v) is 2.48. The van der Waals surface area contributed by atoms with E-state index >= 15 is 0 Å². The molecule has 0 aromatic heterocycles. The summed E-state index contributed by atoms with van der Waals surface area (Å²) in [5.74, 6) is -0.173. The number of carbonyl (C=O) groups is 1. The highest BCUT2D eigenvalue weighted by Crippen LogP contribution is 2.25. The van der Waals surface area contributed by atoms with Crippen molar-refractivity contribution in [2.75, 3.05) is 32.8 Å². The van der Waals surface area contributed by atoms with Gasteiger partial charge < -0.3 is 20.5 Å². The van der Waals surface area contributed by atoms with E-state index in [2.05, 4.69) is 0 Å². The second-order valence-electron chi connectivity index (χ2n) is 4.86. The minimum atomic E-state index is -0.270. The van der Waals surface area contributed by atoms with Crippen LogP contribution in [-0.2, 0) is 16.0 Å². The summed E-state index contributed by atoms with van der Waals surface area (Å²) in [6.07, 6.45) is 0.521. The Hall–Kier alpha value is -1.30. The summed E-state index contributed by atoms with van der Waals surface area (Å²) >= 11 is 5.88. The van der Waals surface area contributed by atoms with Crippen molar-refractivity contribution >= 4 is 17.5 Å². The van der Waals surface area contributed by atoms with Crippen molar-refractivity contribution < 1.29 is 14.6 Å². The molecule has 20 heavy (non-hydrogen) atoms. The van der Waals surface area contributed by atoms with Gasteiger partial charge in [-0.25, -0.2) is 0 Å². The van der Waals surface area contributed by atoms with Crippen LogP contribution >= 0.6 is 11.6 Å². The molecule has 0 aliphatic carbocycles. The summed E-state index contributed by atoms with van der Waals surface area (Å²) in [7, 11) is 0. The van der Waals surface area contributed by atoms with Crippen molar-refractivity contribution in [3.05, 3.63) is 28.8 Å². The smallest absolute Gasteiger partial charge is 0.227 e. The fourth-order valence-electron chi connectivity index (χ4n) is 2.28. The molecule has 1 aliphatic rings. The van der Waals surface area contributed by atoms with Crippen LogP contribution in [0.1, 0.15) is 5.56 Å². The largest absolute Gasteiger partial charge is 0.506 e. The lowest BCUT2D eigenvalue weighted by Gasteiger charge is -2.30. The van der Waals surface area contributed by atoms with E-state index in [1.54, 1.807) is 17.0 Å². The molecule has 0 bridgehead atoms. The highest BCUT2D eigenvalue weighted by atomic mass is 35.5. The maximum absolute atomic E-state index is 12.4. The molecule has 2 rings (SSSR count). The molecule has 0 saturated carbocycles. The number of nitrogens with zero attached hydrogens (tertiary/aromatic N) is 1. The van der Waals surface area contributed by atoms with E-state index in [1.165, 1.54) is 6.07 Å². The molecule has 3 N–H and O–H groups in total. The van der Waals surface area contributed by atoms with E-state index in [4.69, 9.17) is 22.1 Å². The van der Waals surface area contributed by atoms with Gasteiger partial charge in [-0.15, -0.1) is 0 Å². The van der Waals surface area contributed by atoms with Crippen LogP contribution in [0.3, 0.4) is 0 Å². The average Bonchev–Trinajstić information content (AvgIpc) is 2.48. The number of rotatable bonds is 4. The van der Waals surface area contributed by atoms with Crippen LogP contribution in [0.25, 0.3) is 0 Å². The summed E-state index contributed by atoms with van der Waals surface area (Å²) in [5.41, 5.74) is 6.63. The number of morpholine rings is 1. The average molecular weight is 299 g/mol. The summed E-state index contributed by atoms with van der Waals surface area (Å²) in [6, 6.07) is 4.97. The van der Waals surface area contributed by atoms with Gasteiger partial charge in [-0.3, -0.25) is 4.79 Å². The lowest BCUT2D eigenvalue weighted by Crippen LogP contribution is -2.45. The van der Waals surface area contributed by atoms with Crippen LogP contribution < -0.4 is 5.73 Å². The number of phenols is 1. The molecule has 1 saturated heterocycles. The van der Waals surface area contributed by atoms with E-state index in [0.29, 0.717) is 32.7 Å². The highest BCUT2D eigenvalue weighted by molar-refractivity contribution is 6.32. The van der Waals surface area contributed by atoms with Gasteiger partial charge in [-0.2, -0.15) is 0 Å². The number of amides is 1. The zero-order valence-electron chi connectivity index (χ0n) is 11.2. The Kier molecular flexibility index (Phi) is 5.23. The third-order valence-corrected chi connectivity index (χ3v) is 3.75. The van der Waals surface area contributed by atoms with Crippen molar-refractivity contribution in [1.82, 2.24) is 4.90 Å². The number of aromatic hydroxyl groups is 1. The third-order valence-electron chi connectivity index (χ3n) is 3.45. The second-order valence-corrected chi connectivity index (χ2v) is 5.27. The standard InChI is InChI=1S/C14H19ClN2O3/c15-12-8-10(1-2-13(12)18)7-11(9-16)14(19)17-3-5-20-6-4-17/h1-2,8,11,18H,3-7,9,16H2. The van der Waals surface area contributed by atoms with Crippen molar-refractivity contribution in [2.24, 2.45) is 11.7 Å². The van der Waals surface area contributed by atoms with E-state index in [-0.39, 0.29) is 29.1 Å². The van der Waals surface area contributed by atoms with Gasteiger partial charge in [-0.1, -0.05) is 17.7 Å². The molecular weight excluding hydrogens is 280 g/mol. The number of phenolic OH excluding ortho intramolecular Hbond substituents is 1. The number of hydrogen-bond acceptors (Lipinski definition) is 4. The van der Waals surface area contributed by atoms with E-state index in [9.17, 15) is 9.90 Å². The minimum absolute atomic E-state index is 0.0409. The molecule has 0 radical (unpaired) electrons. The molecule has 1 fully saturated rings. The lowest BCUT2D eigenvalue weighted by molar-refractivity contribution is -0.139. The number of ether oxygens (including phenoxy) is 1. The SMILES string of the molecule is NCC(Cc1ccc(O)c(Cl)c1)C(=O)N1CCOCC1. The molecule has 1 unspecified atom stereocenters. The summed E-state index contributed by atoms with van der Waals surface area (Å²) in [6.45, 7) is 2.67. The molecule has 1 heterocycles. The Morgan fingerprint density at radius 1 is 1.45 bits per heavy atom. The van der Waals surface area contributed by atoms with E-state index in [0.717, 1.165) is 5.56 Å². The number of benzene rings is 1. The van der Waals surface area contributed by atoms with Gasteiger partial charge in [-0.05, 0) is 24.1 Å². The zero-order valence-corrected chi connectivity index (χ0v) is 12.0. The molecule has 1 aromatic carbocycles. The van der Waals surface area contributed by atoms with Gasteiger partial charge in [0.05, 0.1) is 24.2 Å². The van der Waals surface area contributed by atoms with Gasteiger partial charge in [0.1, 0.15) is 5.75 Å². The number of halogens is 1. The summed E-state index contributed by atoms with van der Waals surface area (Å²) < 4.78 is 5.24. The Labute approximate surface area is 123 Å². The van der Waals surface area contributed by atoms with Crippen molar-refractivity contribution in [3.63, 3.8) is 0 Å². The Morgan fingerprint density at radius 2 is 2.15 bits per heavy atom. The maximum Gasteiger partial charge on any atom is 0.227 e. The zero-order chi connectivity index (χ0) is 14.5. The fraction of sp³-hybridized carbons (Fsp3) is 0.500. The van der Waals surface area contributed by atoms with Crippen LogP contribution in [0.5, 0.6) is 5.75 Å². The number of hydrogen-bond donors (Lipinski definition) is 2. The van der Waals surface area contributed by atoms with Crippen LogP contribution in [0.4, 0.5) is 0 Å². The first-order valence-electron chi connectivity index (χ1n) is 6.66. The second kappa shape index (κ2) is 6.92. The summed E-state index contributed by atoms with van der Waals surface area (Å²) in [4.78, 5) is 14.2. The van der Waals surface area contributed by atoms with Gasteiger partial charge in [0.2, 0.25) is 5.91 Å². The van der Waals surface area contributed by atoms with Crippen molar-refractivity contribution in [2.45, 2.75) is 6.42 Å². The molecule has 1 atom stereocenters. The first-order valence-corrected chi connectivity index (χ1v) is 7.03. The number of carbonyl (C=O) groups excluding carboxylic acids is 1. The van der Waals surface area contributed by atoms with Crippen LogP contribution in [0.15, 0.2) is 18.2 Å². The van der Waals surface area contributed by atoms with Crippen molar-refractivity contribution in [1.29, 1.82) is 0 Å². The molecule has 110 valence electrons. The molecular formula is C14H19ClN2O3. The Bertz CT molecular complexity index is 475. The van der Waals surface area contributed by atoms with E-state index in [1.807, 2.05) is 0 Å². The quantitative estimate of drug-likeness (QED) is 0.870. The van der Waals surface area contributed by atoms with Gasteiger partial charge in [0, 0.05) is 19.6 Å². The molecule has 5 nitrogen and oxygen atoms in total. The van der Waals surface area contributed by atoms with Crippen LogP contribution in [0, 0.1) is 5.92 Å². The molecule has 1 aromatic rings. The molecule has 1 aliphatic heterocycles. The maximum atomic E-state index is 12.4. The Balaban J connectivity index is 2.03. The highest BCUT2D eigenvalue weighted by Gasteiger charge is 2.25. The predicted octanol–water partition coefficient (Wildman–Crippen LogP) is 1.02. The first-order chi connectivity index (χ1) is 9.61. The predicted molar refractivity (Wildman–Crippen MR) is 76.8 cm³/mol. The van der Waals surface area contributed by atoms with Crippen molar-refractivity contribution in [3.8, 4) is 5.75 Å². The van der Waals surface area contributed by atoms with Gasteiger partial charge in [0.25, 0.3) is 0 Å². The third kappa shape index (κ3) is 3.62. The first kappa shape index (κ1) is 15.1. The Morgan fingerprint density at radius 3 is 2.75 bits per heavy atom. The topological polar surface area (TPSA) is 75.8 Å². The normalized spacial score (nSPS) is 17.0. The number of nitrogens with two attached hydrogens (primary N) is 1. The minimum Gasteiger partial charge on any atom is -0.506 e.